The smallest absolute Gasteiger partial charge is 0.222 e. The molecule has 0 spiro atoms. The number of guanidine groups is 1. The van der Waals surface area contributed by atoms with Crippen LogP contribution in [0.25, 0.3) is 0 Å². The number of amides is 1. The fraction of sp³-hybridized carbons (Fsp3) is 0.333. The minimum Gasteiger partial charge on any atom is -0.356 e. The Morgan fingerprint density at radius 1 is 1.08 bits per heavy atom. The summed E-state index contributed by atoms with van der Waals surface area (Å²) in [6.45, 7) is 3.94. The Hall–Kier alpha value is -1.61. The van der Waals surface area contributed by atoms with E-state index in [1.54, 1.807) is 18.4 Å². The van der Waals surface area contributed by atoms with E-state index >= 15 is 0 Å². The molecule has 1 aromatic heterocycles. The summed E-state index contributed by atoms with van der Waals surface area (Å²) in [7, 11) is 1.73. The Morgan fingerprint density at radius 2 is 1.84 bits per heavy atom. The topological polar surface area (TPSA) is 65.5 Å². The summed E-state index contributed by atoms with van der Waals surface area (Å²) in [4.78, 5) is 17.3. The fourth-order valence-corrected chi connectivity index (χ4v) is 3.00. The number of nitrogens with zero attached hydrogens (tertiary/aromatic N) is 1. The van der Waals surface area contributed by atoms with Crippen molar-refractivity contribution in [2.75, 3.05) is 13.6 Å². The van der Waals surface area contributed by atoms with E-state index in [-0.39, 0.29) is 29.9 Å². The highest BCUT2D eigenvalue weighted by Gasteiger charge is 2.04. The molecule has 25 heavy (non-hydrogen) atoms. The van der Waals surface area contributed by atoms with Gasteiger partial charge in [0.1, 0.15) is 0 Å². The highest BCUT2D eigenvalue weighted by Crippen LogP contribution is 2.14. The first-order valence-electron chi connectivity index (χ1n) is 7.97. The molecule has 0 aliphatic heterocycles. The number of hydrogen-bond acceptors (Lipinski definition) is 3. The molecule has 0 aliphatic carbocycles. The molecule has 0 radical (unpaired) electrons. The van der Waals surface area contributed by atoms with Gasteiger partial charge in [-0.2, -0.15) is 0 Å². The summed E-state index contributed by atoms with van der Waals surface area (Å²) in [6.07, 6.45) is 0.408. The standard InChI is InChI=1S/C18H24N4OS.HI/c1-14-9-11-24-16(14)13-22-18(19-2)20-10-8-17(23)21-12-15-6-4-3-5-7-15;/h3-7,9,11H,8,10,12-13H2,1-2H3,(H,21,23)(H2,19,20,22);1H. The highest BCUT2D eigenvalue weighted by molar-refractivity contribution is 14.0. The molecule has 0 unspecified atom stereocenters. The van der Waals surface area contributed by atoms with Gasteiger partial charge in [-0.3, -0.25) is 9.79 Å². The predicted octanol–water partition coefficient (Wildman–Crippen LogP) is 3.05. The van der Waals surface area contributed by atoms with Gasteiger partial charge in [-0.1, -0.05) is 30.3 Å². The van der Waals surface area contributed by atoms with Crippen LogP contribution < -0.4 is 16.0 Å². The van der Waals surface area contributed by atoms with Gasteiger partial charge < -0.3 is 16.0 Å². The minimum atomic E-state index is 0. The number of nitrogens with one attached hydrogen (secondary N) is 3. The van der Waals surface area contributed by atoms with E-state index in [0.29, 0.717) is 25.5 Å². The molecule has 0 saturated heterocycles. The lowest BCUT2D eigenvalue weighted by molar-refractivity contribution is -0.121. The average molecular weight is 472 g/mol. The maximum atomic E-state index is 11.9. The van der Waals surface area contributed by atoms with Gasteiger partial charge in [0.15, 0.2) is 5.96 Å². The molecular weight excluding hydrogens is 447 g/mol. The molecule has 0 atom stereocenters. The molecule has 2 aromatic rings. The maximum absolute atomic E-state index is 11.9. The van der Waals surface area contributed by atoms with E-state index in [0.717, 1.165) is 12.1 Å². The van der Waals surface area contributed by atoms with Gasteiger partial charge in [-0.05, 0) is 29.5 Å². The zero-order valence-electron chi connectivity index (χ0n) is 14.5. The van der Waals surface area contributed by atoms with Crippen molar-refractivity contribution in [1.29, 1.82) is 0 Å². The highest BCUT2D eigenvalue weighted by atomic mass is 127. The van der Waals surface area contributed by atoms with Crippen LogP contribution in [-0.4, -0.2) is 25.5 Å². The Kier molecular flexibility index (Phi) is 10.2. The number of aliphatic imine (C=N–C) groups is 1. The summed E-state index contributed by atoms with van der Waals surface area (Å²) in [6, 6.07) is 12.0. The van der Waals surface area contributed by atoms with Gasteiger partial charge in [0.2, 0.25) is 5.91 Å². The number of carbonyl (C=O) groups excluding carboxylic acids is 1. The van der Waals surface area contributed by atoms with Gasteiger partial charge in [0.25, 0.3) is 0 Å². The van der Waals surface area contributed by atoms with Crippen molar-refractivity contribution in [2.24, 2.45) is 4.99 Å². The molecule has 136 valence electrons. The molecule has 5 nitrogen and oxygen atoms in total. The first kappa shape index (κ1) is 21.4. The minimum absolute atomic E-state index is 0. The summed E-state index contributed by atoms with van der Waals surface area (Å²) in [5, 5.41) is 11.4. The second kappa shape index (κ2) is 11.9. The second-order valence-corrected chi connectivity index (χ2v) is 6.39. The van der Waals surface area contributed by atoms with Crippen LogP contribution in [0.15, 0.2) is 46.8 Å². The molecule has 0 bridgehead atoms. The first-order valence-corrected chi connectivity index (χ1v) is 8.85. The lowest BCUT2D eigenvalue weighted by Crippen LogP contribution is -2.38. The zero-order chi connectivity index (χ0) is 17.2. The predicted molar refractivity (Wildman–Crippen MR) is 116 cm³/mol. The largest absolute Gasteiger partial charge is 0.356 e. The van der Waals surface area contributed by atoms with Gasteiger partial charge in [0, 0.05) is 31.4 Å². The summed E-state index contributed by atoms with van der Waals surface area (Å²) < 4.78 is 0. The van der Waals surface area contributed by atoms with E-state index in [1.807, 2.05) is 30.3 Å². The number of thiophene rings is 1. The maximum Gasteiger partial charge on any atom is 0.222 e. The SMILES string of the molecule is CN=C(NCCC(=O)NCc1ccccc1)NCc1sccc1C.I. The van der Waals surface area contributed by atoms with E-state index in [2.05, 4.69) is 39.3 Å². The van der Waals surface area contributed by atoms with Crippen molar-refractivity contribution < 1.29 is 4.79 Å². The average Bonchev–Trinajstić information content (AvgIpc) is 3.02. The number of benzene rings is 1. The van der Waals surface area contributed by atoms with Gasteiger partial charge in [0.05, 0.1) is 6.54 Å². The van der Waals surface area contributed by atoms with Crippen LogP contribution in [0, 0.1) is 6.92 Å². The van der Waals surface area contributed by atoms with Gasteiger partial charge in [-0.15, -0.1) is 35.3 Å². The van der Waals surface area contributed by atoms with Crippen molar-refractivity contribution in [1.82, 2.24) is 16.0 Å². The van der Waals surface area contributed by atoms with Crippen LogP contribution in [0.4, 0.5) is 0 Å². The Balaban J connectivity index is 0.00000312. The van der Waals surface area contributed by atoms with Crippen molar-refractivity contribution in [3.8, 4) is 0 Å². The van der Waals surface area contributed by atoms with Gasteiger partial charge in [-0.25, -0.2) is 0 Å². The van der Waals surface area contributed by atoms with Gasteiger partial charge >= 0.3 is 0 Å². The number of halogens is 1. The molecule has 1 aromatic carbocycles. The number of rotatable bonds is 7. The molecule has 0 fully saturated rings. The van der Waals surface area contributed by atoms with Crippen LogP contribution in [0.2, 0.25) is 0 Å². The lowest BCUT2D eigenvalue weighted by Gasteiger charge is -2.11. The first-order chi connectivity index (χ1) is 11.7. The number of carbonyl (C=O) groups is 1. The fourth-order valence-electron chi connectivity index (χ4n) is 2.15. The van der Waals surface area contributed by atoms with E-state index < -0.39 is 0 Å². The van der Waals surface area contributed by atoms with Crippen molar-refractivity contribution in [3.63, 3.8) is 0 Å². The number of aryl methyl sites for hydroxylation is 1. The Labute approximate surface area is 170 Å². The molecule has 0 aliphatic rings. The van der Waals surface area contributed by atoms with Crippen LogP contribution in [0.1, 0.15) is 22.4 Å². The molecular formula is C18H25IN4OS. The molecule has 1 amide bonds. The van der Waals surface area contributed by atoms with Crippen LogP contribution in [0.5, 0.6) is 0 Å². The van der Waals surface area contributed by atoms with E-state index in [9.17, 15) is 4.79 Å². The lowest BCUT2D eigenvalue weighted by atomic mass is 10.2. The second-order valence-electron chi connectivity index (χ2n) is 5.39. The summed E-state index contributed by atoms with van der Waals surface area (Å²) in [5.74, 6) is 0.731. The van der Waals surface area contributed by atoms with Crippen molar-refractivity contribution in [3.05, 3.63) is 57.8 Å². The van der Waals surface area contributed by atoms with Crippen molar-refractivity contribution in [2.45, 2.75) is 26.4 Å². The molecule has 7 heteroatoms. The molecule has 2 rings (SSSR count). The van der Waals surface area contributed by atoms with E-state index in [1.165, 1.54) is 10.4 Å². The van der Waals surface area contributed by atoms with E-state index in [4.69, 9.17) is 0 Å². The molecule has 3 N–H and O–H groups in total. The normalized spacial score (nSPS) is 10.7. The Bertz CT molecular complexity index is 673. The number of hydrogen-bond donors (Lipinski definition) is 3. The summed E-state index contributed by atoms with van der Waals surface area (Å²) >= 11 is 1.73. The third kappa shape index (κ3) is 7.87. The monoisotopic (exact) mass is 472 g/mol. The van der Waals surface area contributed by atoms with Crippen LogP contribution >= 0.6 is 35.3 Å². The van der Waals surface area contributed by atoms with Crippen LogP contribution in [0.3, 0.4) is 0 Å². The molecule has 0 saturated carbocycles. The van der Waals surface area contributed by atoms with Crippen LogP contribution in [-0.2, 0) is 17.9 Å². The van der Waals surface area contributed by atoms with Crippen molar-refractivity contribution >= 4 is 47.2 Å². The summed E-state index contributed by atoms with van der Waals surface area (Å²) in [5.41, 5.74) is 2.38. The quantitative estimate of drug-likeness (QED) is 0.330. The zero-order valence-corrected chi connectivity index (χ0v) is 17.7. The Morgan fingerprint density at radius 3 is 2.48 bits per heavy atom. The third-order valence-electron chi connectivity index (χ3n) is 3.59. The molecule has 1 heterocycles. The third-order valence-corrected chi connectivity index (χ3v) is 4.61.